The van der Waals surface area contributed by atoms with Gasteiger partial charge in [0, 0.05) is 19.6 Å². The average Bonchev–Trinajstić information content (AvgIpc) is 2.26. The summed E-state index contributed by atoms with van der Waals surface area (Å²) >= 11 is 0. The van der Waals surface area contributed by atoms with E-state index >= 15 is 0 Å². The van der Waals surface area contributed by atoms with E-state index in [4.69, 9.17) is 5.73 Å². The number of hydrogen-bond donors (Lipinski definition) is 1. The Morgan fingerprint density at radius 2 is 2.20 bits per heavy atom. The number of hydrogen-bond acceptors (Lipinski definition) is 3. The van der Waals surface area contributed by atoms with Gasteiger partial charge in [-0.3, -0.25) is 4.98 Å². The molecule has 0 radical (unpaired) electrons. The van der Waals surface area contributed by atoms with Gasteiger partial charge in [-0.2, -0.15) is 0 Å². The predicted molar refractivity (Wildman–Crippen MR) is 65.0 cm³/mol. The molecule has 0 bridgehead atoms. The Bertz CT molecular complexity index is 279. The summed E-state index contributed by atoms with van der Waals surface area (Å²) in [5.41, 5.74) is 7.85. The minimum absolute atomic E-state index is 0.0139. The van der Waals surface area contributed by atoms with E-state index in [1.54, 1.807) is 0 Å². The lowest BCUT2D eigenvalue weighted by Crippen LogP contribution is -2.18. The van der Waals surface area contributed by atoms with E-state index in [-0.39, 0.29) is 6.04 Å². The third kappa shape index (κ3) is 3.51. The van der Waals surface area contributed by atoms with Gasteiger partial charge < -0.3 is 10.6 Å². The maximum atomic E-state index is 5.74. The fourth-order valence-corrected chi connectivity index (χ4v) is 1.42. The van der Waals surface area contributed by atoms with Gasteiger partial charge in [0.15, 0.2) is 0 Å². The molecule has 0 unspecified atom stereocenters. The highest BCUT2D eigenvalue weighted by molar-refractivity contribution is 5.43. The first kappa shape index (κ1) is 12.0. The number of aromatic nitrogens is 1. The van der Waals surface area contributed by atoms with Crippen molar-refractivity contribution < 1.29 is 0 Å². The predicted octanol–water partition coefficient (Wildman–Crippen LogP) is 2.34. The molecule has 3 heteroatoms. The Labute approximate surface area is 92.3 Å². The molecule has 0 aliphatic heterocycles. The van der Waals surface area contributed by atoms with E-state index in [0.29, 0.717) is 0 Å². The summed E-state index contributed by atoms with van der Waals surface area (Å²) in [6, 6.07) is 4.10. The number of unbranched alkanes of at least 4 members (excludes halogenated alkanes) is 1. The van der Waals surface area contributed by atoms with Crippen LogP contribution in [0.15, 0.2) is 18.3 Å². The van der Waals surface area contributed by atoms with E-state index in [2.05, 4.69) is 29.9 Å². The molecule has 1 heterocycles. The van der Waals surface area contributed by atoms with E-state index < -0.39 is 0 Å². The smallest absolute Gasteiger partial charge is 0.0569 e. The molecule has 2 N–H and O–H groups in total. The normalized spacial score (nSPS) is 12.5. The first-order valence-electron chi connectivity index (χ1n) is 5.57. The van der Waals surface area contributed by atoms with E-state index in [1.165, 1.54) is 12.8 Å². The molecule has 84 valence electrons. The van der Waals surface area contributed by atoms with Gasteiger partial charge >= 0.3 is 0 Å². The number of nitrogens with two attached hydrogens (primary N) is 1. The van der Waals surface area contributed by atoms with Crippen LogP contribution in [0.25, 0.3) is 0 Å². The lowest BCUT2D eigenvalue weighted by atomic mass is 10.2. The topological polar surface area (TPSA) is 42.1 Å². The number of nitrogens with zero attached hydrogens (tertiary/aromatic N) is 2. The zero-order valence-electron chi connectivity index (χ0n) is 9.90. The molecule has 0 fully saturated rings. The van der Waals surface area contributed by atoms with Crippen molar-refractivity contribution in [3.8, 4) is 0 Å². The molecule has 0 aromatic carbocycles. The van der Waals surface area contributed by atoms with Crippen LogP contribution < -0.4 is 10.6 Å². The highest BCUT2D eigenvalue weighted by Crippen LogP contribution is 2.14. The molecule has 1 aromatic rings. The first-order valence-corrected chi connectivity index (χ1v) is 5.57. The van der Waals surface area contributed by atoms with E-state index in [1.807, 2.05) is 19.2 Å². The summed E-state index contributed by atoms with van der Waals surface area (Å²) in [5.74, 6) is 0. The minimum atomic E-state index is 0.0139. The van der Waals surface area contributed by atoms with Crippen molar-refractivity contribution in [3.05, 3.63) is 24.0 Å². The molecule has 0 aliphatic rings. The van der Waals surface area contributed by atoms with Crippen molar-refractivity contribution in [2.75, 3.05) is 18.5 Å². The Morgan fingerprint density at radius 3 is 2.67 bits per heavy atom. The fraction of sp³-hybridized carbons (Fsp3) is 0.583. The molecule has 0 amide bonds. The van der Waals surface area contributed by atoms with Crippen LogP contribution in [-0.4, -0.2) is 18.6 Å². The zero-order chi connectivity index (χ0) is 11.3. The van der Waals surface area contributed by atoms with Crippen molar-refractivity contribution in [1.29, 1.82) is 0 Å². The molecule has 0 saturated heterocycles. The van der Waals surface area contributed by atoms with Crippen molar-refractivity contribution in [2.24, 2.45) is 5.73 Å². The van der Waals surface area contributed by atoms with Crippen LogP contribution in [0.5, 0.6) is 0 Å². The number of rotatable bonds is 5. The van der Waals surface area contributed by atoms with Crippen LogP contribution in [-0.2, 0) is 0 Å². The highest BCUT2D eigenvalue weighted by atomic mass is 15.1. The van der Waals surface area contributed by atoms with Crippen molar-refractivity contribution >= 4 is 5.69 Å². The SMILES string of the molecule is CCCCN(C)c1ccc([C@H](C)N)nc1. The molecule has 3 nitrogen and oxygen atoms in total. The Hall–Kier alpha value is -1.09. The summed E-state index contributed by atoms with van der Waals surface area (Å²) < 4.78 is 0. The van der Waals surface area contributed by atoms with Crippen molar-refractivity contribution in [2.45, 2.75) is 32.7 Å². The molecular formula is C12H21N3. The van der Waals surface area contributed by atoms with Gasteiger partial charge in [0.05, 0.1) is 17.6 Å². The van der Waals surface area contributed by atoms with Gasteiger partial charge in [-0.1, -0.05) is 13.3 Å². The second-order valence-corrected chi connectivity index (χ2v) is 4.01. The fourth-order valence-electron chi connectivity index (χ4n) is 1.42. The van der Waals surface area contributed by atoms with Gasteiger partial charge in [0.1, 0.15) is 0 Å². The molecule has 1 aromatic heterocycles. The standard InChI is InChI=1S/C12H21N3/c1-4-5-8-15(3)11-6-7-12(10(2)13)14-9-11/h6-7,9-10H,4-5,8,13H2,1-3H3/t10-/m0/s1. The summed E-state index contributed by atoms with van der Waals surface area (Å²) in [5, 5.41) is 0. The molecule has 1 rings (SSSR count). The van der Waals surface area contributed by atoms with Crippen LogP contribution in [0.4, 0.5) is 5.69 Å². The van der Waals surface area contributed by atoms with Crippen LogP contribution in [0.1, 0.15) is 38.4 Å². The van der Waals surface area contributed by atoms with Gasteiger partial charge in [0.2, 0.25) is 0 Å². The Morgan fingerprint density at radius 1 is 1.47 bits per heavy atom. The lowest BCUT2D eigenvalue weighted by molar-refractivity contribution is 0.758. The second-order valence-electron chi connectivity index (χ2n) is 4.01. The van der Waals surface area contributed by atoms with Crippen LogP contribution in [0.3, 0.4) is 0 Å². The van der Waals surface area contributed by atoms with Gasteiger partial charge in [-0.15, -0.1) is 0 Å². The maximum absolute atomic E-state index is 5.74. The van der Waals surface area contributed by atoms with Crippen LogP contribution in [0, 0.1) is 0 Å². The average molecular weight is 207 g/mol. The largest absolute Gasteiger partial charge is 0.373 e. The maximum Gasteiger partial charge on any atom is 0.0569 e. The highest BCUT2D eigenvalue weighted by Gasteiger charge is 2.03. The molecule has 15 heavy (non-hydrogen) atoms. The minimum Gasteiger partial charge on any atom is -0.373 e. The monoisotopic (exact) mass is 207 g/mol. The Balaban J connectivity index is 2.62. The summed E-state index contributed by atoms with van der Waals surface area (Å²) in [7, 11) is 2.10. The number of pyridine rings is 1. The van der Waals surface area contributed by atoms with E-state index in [9.17, 15) is 0 Å². The van der Waals surface area contributed by atoms with Gasteiger partial charge in [-0.05, 0) is 25.5 Å². The molecule has 0 saturated carbocycles. The molecule has 1 atom stereocenters. The van der Waals surface area contributed by atoms with Crippen LogP contribution >= 0.6 is 0 Å². The Kier molecular flexibility index (Phi) is 4.56. The molecular weight excluding hydrogens is 186 g/mol. The van der Waals surface area contributed by atoms with E-state index in [0.717, 1.165) is 17.9 Å². The zero-order valence-corrected chi connectivity index (χ0v) is 9.90. The molecule has 0 spiro atoms. The summed E-state index contributed by atoms with van der Waals surface area (Å²) in [6.07, 6.45) is 4.33. The van der Waals surface area contributed by atoms with Crippen LogP contribution in [0.2, 0.25) is 0 Å². The van der Waals surface area contributed by atoms with Crippen molar-refractivity contribution in [3.63, 3.8) is 0 Å². The molecule has 0 aliphatic carbocycles. The van der Waals surface area contributed by atoms with Gasteiger partial charge in [0.25, 0.3) is 0 Å². The van der Waals surface area contributed by atoms with Crippen molar-refractivity contribution in [1.82, 2.24) is 4.98 Å². The quantitative estimate of drug-likeness (QED) is 0.805. The third-order valence-corrected chi connectivity index (χ3v) is 2.53. The van der Waals surface area contributed by atoms with Gasteiger partial charge in [-0.25, -0.2) is 0 Å². The first-order chi connectivity index (χ1) is 7.15. The summed E-state index contributed by atoms with van der Waals surface area (Å²) in [6.45, 7) is 5.23. The second kappa shape index (κ2) is 5.71. The lowest BCUT2D eigenvalue weighted by Gasteiger charge is -2.18. The third-order valence-electron chi connectivity index (χ3n) is 2.53. The number of anilines is 1. The summed E-state index contributed by atoms with van der Waals surface area (Å²) in [4.78, 5) is 6.56.